The van der Waals surface area contributed by atoms with E-state index < -0.39 is 0 Å². The Kier molecular flexibility index (Phi) is 9.25. The highest BCUT2D eigenvalue weighted by atomic mass is 16.5. The summed E-state index contributed by atoms with van der Waals surface area (Å²) in [6.45, 7) is 12.5. The monoisotopic (exact) mass is 401 g/mol. The van der Waals surface area contributed by atoms with E-state index in [9.17, 15) is 0 Å². The van der Waals surface area contributed by atoms with Gasteiger partial charge in [0.05, 0.1) is 13.2 Å². The molecule has 0 radical (unpaired) electrons. The van der Waals surface area contributed by atoms with E-state index in [-0.39, 0.29) is 0 Å². The van der Waals surface area contributed by atoms with Gasteiger partial charge in [0.1, 0.15) is 0 Å². The lowest BCUT2D eigenvalue weighted by Gasteiger charge is -2.29. The van der Waals surface area contributed by atoms with E-state index in [0.717, 1.165) is 58.4 Å². The molecule has 2 aliphatic heterocycles. The molecule has 0 saturated carbocycles. The number of hydrogen-bond donors (Lipinski definition) is 2. The molecule has 6 heteroatoms. The van der Waals surface area contributed by atoms with Crippen LogP contribution in [0, 0.1) is 5.92 Å². The molecule has 0 bridgehead atoms. The highest BCUT2D eigenvalue weighted by molar-refractivity contribution is 5.79. The smallest absolute Gasteiger partial charge is 0.191 e. The number of nitrogens with zero attached hydrogens (tertiary/aromatic N) is 3. The Morgan fingerprint density at radius 1 is 0.966 bits per heavy atom. The van der Waals surface area contributed by atoms with Crippen LogP contribution in [-0.4, -0.2) is 75.3 Å². The molecule has 0 amide bonds. The zero-order chi connectivity index (χ0) is 20.3. The maximum Gasteiger partial charge on any atom is 0.191 e. The van der Waals surface area contributed by atoms with Crippen LogP contribution in [0.3, 0.4) is 0 Å². The van der Waals surface area contributed by atoms with Crippen LogP contribution < -0.4 is 10.6 Å². The van der Waals surface area contributed by atoms with Crippen molar-refractivity contribution in [1.82, 2.24) is 20.4 Å². The van der Waals surface area contributed by atoms with Crippen LogP contribution in [0.2, 0.25) is 0 Å². The first kappa shape index (κ1) is 22.1. The topological polar surface area (TPSA) is 52.1 Å². The van der Waals surface area contributed by atoms with E-state index in [1.807, 2.05) is 7.05 Å². The number of benzene rings is 1. The lowest BCUT2D eigenvalue weighted by molar-refractivity contribution is 0.0320. The number of aliphatic imine (C=N–C) groups is 1. The van der Waals surface area contributed by atoms with Crippen molar-refractivity contribution in [1.29, 1.82) is 0 Å². The molecule has 1 atom stereocenters. The Morgan fingerprint density at radius 2 is 1.66 bits per heavy atom. The van der Waals surface area contributed by atoms with Crippen molar-refractivity contribution < 1.29 is 4.74 Å². The summed E-state index contributed by atoms with van der Waals surface area (Å²) in [5.74, 6) is 1.44. The van der Waals surface area contributed by atoms with Gasteiger partial charge in [-0.15, -0.1) is 0 Å². The summed E-state index contributed by atoms with van der Waals surface area (Å²) in [5.41, 5.74) is 2.70. The van der Waals surface area contributed by atoms with Crippen LogP contribution >= 0.6 is 0 Å². The molecule has 29 heavy (non-hydrogen) atoms. The van der Waals surface area contributed by atoms with Gasteiger partial charge in [-0.05, 0) is 43.0 Å². The van der Waals surface area contributed by atoms with Gasteiger partial charge in [-0.25, -0.2) is 0 Å². The zero-order valence-corrected chi connectivity index (χ0v) is 18.3. The molecule has 2 saturated heterocycles. The molecule has 0 aromatic heterocycles. The Balaban J connectivity index is 1.36. The van der Waals surface area contributed by atoms with Crippen LogP contribution in [0.25, 0.3) is 0 Å². The van der Waals surface area contributed by atoms with Gasteiger partial charge in [0, 0.05) is 46.3 Å². The number of rotatable bonds is 8. The number of likely N-dealkylation sites (tertiary alicyclic amines) is 1. The second-order valence-electron chi connectivity index (χ2n) is 8.48. The predicted molar refractivity (Wildman–Crippen MR) is 120 cm³/mol. The van der Waals surface area contributed by atoms with Gasteiger partial charge in [-0.1, -0.05) is 37.6 Å². The molecule has 1 aromatic carbocycles. The number of guanidine groups is 1. The average Bonchev–Trinajstić information content (AvgIpc) is 2.76. The first-order chi connectivity index (χ1) is 14.2. The molecule has 0 aliphatic carbocycles. The molecule has 2 aliphatic rings. The maximum atomic E-state index is 5.43. The van der Waals surface area contributed by atoms with Crippen molar-refractivity contribution >= 4 is 5.96 Å². The van der Waals surface area contributed by atoms with Gasteiger partial charge in [0.25, 0.3) is 0 Å². The predicted octanol–water partition coefficient (Wildman–Crippen LogP) is 2.31. The summed E-state index contributed by atoms with van der Waals surface area (Å²) < 4.78 is 5.43. The highest BCUT2D eigenvalue weighted by Gasteiger charge is 2.14. The molecule has 3 rings (SSSR count). The van der Waals surface area contributed by atoms with Crippen molar-refractivity contribution in [2.75, 3.05) is 59.5 Å². The molecular formula is C23H39N5O. The van der Waals surface area contributed by atoms with Crippen LogP contribution in [0.15, 0.2) is 29.3 Å². The number of ether oxygens (including phenoxy) is 1. The number of hydrogen-bond acceptors (Lipinski definition) is 4. The summed E-state index contributed by atoms with van der Waals surface area (Å²) in [5, 5.41) is 6.91. The Labute approximate surface area is 176 Å². The SMILES string of the molecule is CN=C(NCc1ccc(CN2CCCCC2)cc1)NCC(C)CN1CCOCC1. The van der Waals surface area contributed by atoms with Gasteiger partial charge in [-0.3, -0.25) is 14.8 Å². The van der Waals surface area contributed by atoms with E-state index in [0.29, 0.717) is 5.92 Å². The minimum atomic E-state index is 0.570. The minimum absolute atomic E-state index is 0.570. The first-order valence-corrected chi connectivity index (χ1v) is 11.3. The number of piperidine rings is 1. The van der Waals surface area contributed by atoms with Crippen LogP contribution in [-0.2, 0) is 17.8 Å². The van der Waals surface area contributed by atoms with Gasteiger partial charge >= 0.3 is 0 Å². The highest BCUT2D eigenvalue weighted by Crippen LogP contribution is 2.13. The fourth-order valence-corrected chi connectivity index (χ4v) is 4.10. The third kappa shape index (κ3) is 7.96. The molecule has 1 aromatic rings. The molecule has 162 valence electrons. The van der Waals surface area contributed by atoms with E-state index >= 15 is 0 Å². The van der Waals surface area contributed by atoms with Crippen LogP contribution in [0.5, 0.6) is 0 Å². The van der Waals surface area contributed by atoms with Crippen molar-refractivity contribution in [3.05, 3.63) is 35.4 Å². The summed E-state index contributed by atoms with van der Waals surface area (Å²) in [7, 11) is 1.84. The average molecular weight is 402 g/mol. The molecular weight excluding hydrogens is 362 g/mol. The first-order valence-electron chi connectivity index (χ1n) is 11.3. The lowest BCUT2D eigenvalue weighted by atomic mass is 10.1. The third-order valence-corrected chi connectivity index (χ3v) is 5.85. The standard InChI is InChI=1S/C23H39N5O/c1-20(18-28-12-14-29-15-13-28)16-25-23(24-2)26-17-21-6-8-22(9-7-21)19-27-10-4-3-5-11-27/h6-9,20H,3-5,10-19H2,1-2H3,(H2,24,25,26). The van der Waals surface area contributed by atoms with E-state index in [1.165, 1.54) is 43.5 Å². The molecule has 2 heterocycles. The van der Waals surface area contributed by atoms with Crippen molar-refractivity contribution in [3.8, 4) is 0 Å². The Bertz CT molecular complexity index is 606. The van der Waals surface area contributed by atoms with E-state index in [4.69, 9.17) is 4.74 Å². The molecule has 1 unspecified atom stereocenters. The largest absolute Gasteiger partial charge is 0.379 e. The van der Waals surface area contributed by atoms with E-state index in [2.05, 4.69) is 56.6 Å². The van der Waals surface area contributed by atoms with Crippen molar-refractivity contribution in [2.45, 2.75) is 39.3 Å². The second-order valence-corrected chi connectivity index (χ2v) is 8.48. The summed E-state index contributed by atoms with van der Waals surface area (Å²) >= 11 is 0. The second kappa shape index (κ2) is 12.2. The zero-order valence-electron chi connectivity index (χ0n) is 18.3. The van der Waals surface area contributed by atoms with Gasteiger partial charge in [0.15, 0.2) is 5.96 Å². The quantitative estimate of drug-likeness (QED) is 0.517. The van der Waals surface area contributed by atoms with Crippen molar-refractivity contribution in [3.63, 3.8) is 0 Å². The minimum Gasteiger partial charge on any atom is -0.379 e. The van der Waals surface area contributed by atoms with Crippen molar-refractivity contribution in [2.24, 2.45) is 10.9 Å². The number of nitrogens with one attached hydrogen (secondary N) is 2. The number of morpholine rings is 1. The molecule has 2 N–H and O–H groups in total. The summed E-state index contributed by atoms with van der Waals surface area (Å²) in [6, 6.07) is 9.01. The molecule has 2 fully saturated rings. The van der Waals surface area contributed by atoms with Gasteiger partial charge < -0.3 is 15.4 Å². The molecule has 0 spiro atoms. The maximum absolute atomic E-state index is 5.43. The van der Waals surface area contributed by atoms with Gasteiger partial charge in [-0.2, -0.15) is 0 Å². The summed E-state index contributed by atoms with van der Waals surface area (Å²) in [6.07, 6.45) is 4.08. The van der Waals surface area contributed by atoms with Crippen LogP contribution in [0.4, 0.5) is 0 Å². The summed E-state index contributed by atoms with van der Waals surface area (Å²) in [4.78, 5) is 9.42. The fraction of sp³-hybridized carbons (Fsp3) is 0.696. The Morgan fingerprint density at radius 3 is 2.34 bits per heavy atom. The Hall–Kier alpha value is -1.63. The van der Waals surface area contributed by atoms with E-state index in [1.54, 1.807) is 0 Å². The van der Waals surface area contributed by atoms with Gasteiger partial charge in [0.2, 0.25) is 0 Å². The molecule has 6 nitrogen and oxygen atoms in total. The fourth-order valence-electron chi connectivity index (χ4n) is 4.10. The third-order valence-electron chi connectivity index (χ3n) is 5.85. The van der Waals surface area contributed by atoms with Crippen LogP contribution in [0.1, 0.15) is 37.3 Å². The normalized spacial score (nSPS) is 20.4. The lowest BCUT2D eigenvalue weighted by Crippen LogP contribution is -2.43.